The maximum atomic E-state index is 12.0. The van der Waals surface area contributed by atoms with Crippen molar-refractivity contribution < 1.29 is 14.5 Å². The van der Waals surface area contributed by atoms with Gasteiger partial charge in [0.2, 0.25) is 0 Å². The highest BCUT2D eigenvalue weighted by Gasteiger charge is 2.14. The van der Waals surface area contributed by atoms with Gasteiger partial charge in [-0.1, -0.05) is 18.2 Å². The molecule has 0 atom stereocenters. The van der Waals surface area contributed by atoms with Crippen LogP contribution in [0.15, 0.2) is 46.9 Å². The molecular weight excluding hydrogens is 392 g/mol. The summed E-state index contributed by atoms with van der Waals surface area (Å²) in [5.74, 6) is -0.960. The van der Waals surface area contributed by atoms with E-state index in [1.54, 1.807) is 37.3 Å². The van der Waals surface area contributed by atoms with E-state index in [-0.39, 0.29) is 12.2 Å². The molecule has 0 fully saturated rings. The Morgan fingerprint density at radius 3 is 2.52 bits per heavy atom. The van der Waals surface area contributed by atoms with Crippen LogP contribution in [0.3, 0.4) is 0 Å². The minimum atomic E-state index is -0.494. The fourth-order valence-electron chi connectivity index (χ4n) is 2.07. The van der Waals surface area contributed by atoms with Crippen molar-refractivity contribution in [2.24, 2.45) is 0 Å². The molecule has 8 nitrogen and oxygen atoms in total. The van der Waals surface area contributed by atoms with Crippen molar-refractivity contribution in [2.45, 2.75) is 6.92 Å². The average Bonchev–Trinajstić information content (AvgIpc) is 2.59. The van der Waals surface area contributed by atoms with Gasteiger partial charge in [0, 0.05) is 21.8 Å². The summed E-state index contributed by atoms with van der Waals surface area (Å²) in [6.45, 7) is 1.44. The molecule has 25 heavy (non-hydrogen) atoms. The van der Waals surface area contributed by atoms with Crippen LogP contribution in [0.4, 0.5) is 11.4 Å². The molecule has 0 saturated heterocycles. The van der Waals surface area contributed by atoms with E-state index in [4.69, 9.17) is 0 Å². The fourth-order valence-corrected chi connectivity index (χ4v) is 2.54. The number of halogens is 1. The Balaban J connectivity index is 1.89. The van der Waals surface area contributed by atoms with Gasteiger partial charge in [-0.3, -0.25) is 30.6 Å². The van der Waals surface area contributed by atoms with Crippen molar-refractivity contribution in [2.75, 3.05) is 11.9 Å². The lowest BCUT2D eigenvalue weighted by molar-refractivity contribution is -0.385. The second-order valence-electron chi connectivity index (χ2n) is 5.04. The van der Waals surface area contributed by atoms with Crippen LogP contribution in [0.1, 0.15) is 15.9 Å². The van der Waals surface area contributed by atoms with E-state index in [1.807, 2.05) is 0 Å². The van der Waals surface area contributed by atoms with Crippen LogP contribution in [-0.2, 0) is 4.79 Å². The number of benzene rings is 2. The Labute approximate surface area is 151 Å². The largest absolute Gasteiger partial charge is 0.376 e. The highest BCUT2D eigenvalue weighted by Crippen LogP contribution is 2.24. The van der Waals surface area contributed by atoms with Crippen molar-refractivity contribution in [3.63, 3.8) is 0 Å². The van der Waals surface area contributed by atoms with Gasteiger partial charge in [-0.2, -0.15) is 0 Å². The predicted molar refractivity (Wildman–Crippen MR) is 96.1 cm³/mol. The zero-order chi connectivity index (χ0) is 18.4. The number of hydrogen-bond acceptors (Lipinski definition) is 5. The van der Waals surface area contributed by atoms with Crippen molar-refractivity contribution in [1.82, 2.24) is 10.9 Å². The molecule has 2 amide bonds. The van der Waals surface area contributed by atoms with Gasteiger partial charge in [0.25, 0.3) is 17.5 Å². The highest BCUT2D eigenvalue weighted by atomic mass is 79.9. The number of hydrogen-bond donors (Lipinski definition) is 3. The van der Waals surface area contributed by atoms with Crippen molar-refractivity contribution in [1.29, 1.82) is 0 Å². The summed E-state index contributed by atoms with van der Waals surface area (Å²) in [7, 11) is 0. The number of anilines is 1. The third-order valence-corrected chi connectivity index (χ3v) is 4.07. The van der Waals surface area contributed by atoms with E-state index >= 15 is 0 Å². The molecule has 0 unspecified atom stereocenters. The minimum Gasteiger partial charge on any atom is -0.376 e. The second kappa shape index (κ2) is 8.25. The van der Waals surface area contributed by atoms with E-state index in [0.717, 1.165) is 0 Å². The first-order valence-corrected chi connectivity index (χ1v) is 8.01. The maximum absolute atomic E-state index is 12.0. The molecule has 0 heterocycles. The topological polar surface area (TPSA) is 113 Å². The Hall–Kier alpha value is -2.94. The first-order valence-electron chi connectivity index (χ1n) is 7.21. The highest BCUT2D eigenvalue weighted by molar-refractivity contribution is 9.10. The second-order valence-corrected chi connectivity index (χ2v) is 5.90. The first kappa shape index (κ1) is 18.4. The summed E-state index contributed by atoms with van der Waals surface area (Å²) in [5, 5.41) is 13.7. The van der Waals surface area contributed by atoms with Gasteiger partial charge in [-0.05, 0) is 41.1 Å². The number of nitrogens with zero attached hydrogens (tertiary/aromatic N) is 1. The number of hydrazine groups is 1. The van der Waals surface area contributed by atoms with Crippen LogP contribution in [0, 0.1) is 17.0 Å². The van der Waals surface area contributed by atoms with E-state index < -0.39 is 16.7 Å². The first-order chi connectivity index (χ1) is 11.9. The minimum absolute atomic E-state index is 0.0346. The molecule has 0 aromatic heterocycles. The third-order valence-electron chi connectivity index (χ3n) is 3.38. The van der Waals surface area contributed by atoms with Crippen LogP contribution in [0.2, 0.25) is 0 Å². The van der Waals surface area contributed by atoms with Gasteiger partial charge in [0.1, 0.15) is 0 Å². The summed E-state index contributed by atoms with van der Waals surface area (Å²) in [5.41, 5.74) is 5.83. The predicted octanol–water partition coefficient (Wildman–Crippen LogP) is 2.54. The normalized spacial score (nSPS) is 10.0. The van der Waals surface area contributed by atoms with Crippen molar-refractivity contribution >= 4 is 39.1 Å². The molecule has 2 rings (SSSR count). The lowest BCUT2D eigenvalue weighted by Gasteiger charge is -2.11. The fraction of sp³-hybridized carbons (Fsp3) is 0.125. The van der Waals surface area contributed by atoms with E-state index in [2.05, 4.69) is 32.1 Å². The lowest BCUT2D eigenvalue weighted by Crippen LogP contribution is -2.44. The van der Waals surface area contributed by atoms with Crippen LogP contribution >= 0.6 is 15.9 Å². The molecule has 3 N–H and O–H groups in total. The Morgan fingerprint density at radius 2 is 1.84 bits per heavy atom. The van der Waals surface area contributed by atoms with Crippen LogP contribution in [0.5, 0.6) is 0 Å². The molecule has 0 aliphatic heterocycles. The van der Waals surface area contributed by atoms with Gasteiger partial charge < -0.3 is 5.32 Å². The zero-order valence-corrected chi connectivity index (χ0v) is 14.8. The van der Waals surface area contributed by atoms with Crippen molar-refractivity contribution in [3.8, 4) is 0 Å². The molecule has 130 valence electrons. The molecule has 9 heteroatoms. The monoisotopic (exact) mass is 406 g/mol. The van der Waals surface area contributed by atoms with Gasteiger partial charge in [0.05, 0.1) is 17.0 Å². The number of nitro groups is 1. The standard InChI is InChI=1S/C16H15BrN4O4/c1-10-13(7-4-8-14(10)21(24)25)18-9-15(22)19-20-16(23)11-5-2-3-6-12(11)17/h2-8,18H,9H2,1H3,(H,19,22)(H,20,23). The van der Waals surface area contributed by atoms with Crippen LogP contribution in [0.25, 0.3) is 0 Å². The number of carbonyl (C=O) groups excluding carboxylic acids is 2. The van der Waals surface area contributed by atoms with E-state index in [0.29, 0.717) is 21.3 Å². The smallest absolute Gasteiger partial charge is 0.274 e. The Kier molecular flexibility index (Phi) is 6.07. The van der Waals surface area contributed by atoms with E-state index in [9.17, 15) is 19.7 Å². The zero-order valence-electron chi connectivity index (χ0n) is 13.2. The molecule has 0 aliphatic carbocycles. The summed E-state index contributed by atoms with van der Waals surface area (Å²) >= 11 is 3.25. The number of carbonyl (C=O) groups is 2. The molecule has 2 aromatic carbocycles. The molecule has 0 spiro atoms. The van der Waals surface area contributed by atoms with E-state index in [1.165, 1.54) is 12.1 Å². The average molecular weight is 407 g/mol. The third kappa shape index (κ3) is 4.77. The quantitative estimate of drug-likeness (QED) is 0.521. The van der Waals surface area contributed by atoms with Gasteiger partial charge in [0.15, 0.2) is 0 Å². The van der Waals surface area contributed by atoms with Gasteiger partial charge in [-0.15, -0.1) is 0 Å². The summed E-state index contributed by atoms with van der Waals surface area (Å²) < 4.78 is 0.604. The van der Waals surface area contributed by atoms with Crippen LogP contribution < -0.4 is 16.2 Å². The Morgan fingerprint density at radius 1 is 1.12 bits per heavy atom. The summed E-state index contributed by atoms with van der Waals surface area (Å²) in [6, 6.07) is 11.3. The number of nitro benzene ring substituents is 1. The SMILES string of the molecule is Cc1c(NCC(=O)NNC(=O)c2ccccc2Br)cccc1[N+](=O)[O-]. The lowest BCUT2D eigenvalue weighted by atomic mass is 10.1. The van der Waals surface area contributed by atoms with Gasteiger partial charge >= 0.3 is 0 Å². The number of nitrogens with one attached hydrogen (secondary N) is 3. The molecule has 0 radical (unpaired) electrons. The summed E-state index contributed by atoms with van der Waals surface area (Å²) in [6.07, 6.45) is 0. The molecule has 2 aromatic rings. The molecule has 0 bridgehead atoms. The van der Waals surface area contributed by atoms with Crippen LogP contribution in [-0.4, -0.2) is 23.3 Å². The number of amides is 2. The molecule has 0 saturated carbocycles. The molecule has 0 aliphatic rings. The summed E-state index contributed by atoms with van der Waals surface area (Å²) in [4.78, 5) is 34.2. The maximum Gasteiger partial charge on any atom is 0.274 e. The van der Waals surface area contributed by atoms with Gasteiger partial charge in [-0.25, -0.2) is 0 Å². The Bertz CT molecular complexity index is 826. The number of rotatable bonds is 5. The van der Waals surface area contributed by atoms with Crippen molar-refractivity contribution in [3.05, 3.63) is 68.2 Å². The molecular formula is C16H15BrN4O4.